The monoisotopic (exact) mass is 279 g/mol. The van der Waals surface area contributed by atoms with Gasteiger partial charge >= 0.3 is 0 Å². The first-order valence-corrected chi connectivity index (χ1v) is 5.65. The molecule has 3 rings (SSSR count). The highest BCUT2D eigenvalue weighted by molar-refractivity contribution is 9.10. The SMILES string of the molecule is [2H]C1=C([2H])C([2H])C(c2ccc3occ(Br)c3c2)C([2H])=C1[2H]. The second-order valence-corrected chi connectivity index (χ2v) is 4.38. The maximum Gasteiger partial charge on any atom is 0.135 e. The Kier molecular flexibility index (Phi) is 1.45. The predicted molar refractivity (Wildman–Crippen MR) is 69.6 cm³/mol. The molecule has 0 amide bonds. The molecule has 0 saturated heterocycles. The van der Waals surface area contributed by atoms with Gasteiger partial charge in [-0.1, -0.05) is 30.3 Å². The molecule has 2 atom stereocenters. The number of hydrogen-bond donors (Lipinski definition) is 0. The van der Waals surface area contributed by atoms with Gasteiger partial charge in [0.05, 0.1) is 9.96 Å². The predicted octanol–water partition coefficient (Wildman–Crippen LogP) is 4.80. The zero-order chi connectivity index (χ0) is 15.3. The Morgan fingerprint density at radius 2 is 2.38 bits per heavy atom. The van der Waals surface area contributed by atoms with Gasteiger partial charge in [-0.2, -0.15) is 0 Å². The first-order valence-electron chi connectivity index (χ1n) is 7.43. The van der Waals surface area contributed by atoms with E-state index in [1.807, 2.05) is 0 Å². The van der Waals surface area contributed by atoms with Crippen molar-refractivity contribution >= 4 is 26.9 Å². The van der Waals surface area contributed by atoms with Crippen molar-refractivity contribution in [1.29, 1.82) is 0 Å². The van der Waals surface area contributed by atoms with Gasteiger partial charge in [-0.05, 0) is 40.0 Å². The fourth-order valence-electron chi connectivity index (χ4n) is 1.71. The molecule has 0 fully saturated rings. The van der Waals surface area contributed by atoms with E-state index >= 15 is 0 Å². The lowest BCUT2D eigenvalue weighted by atomic mass is 9.92. The number of rotatable bonds is 1. The van der Waals surface area contributed by atoms with E-state index in [0.29, 0.717) is 11.1 Å². The van der Waals surface area contributed by atoms with E-state index in [2.05, 4.69) is 15.9 Å². The summed E-state index contributed by atoms with van der Waals surface area (Å²) in [4.78, 5) is 0. The summed E-state index contributed by atoms with van der Waals surface area (Å²) < 4.78 is 45.5. The van der Waals surface area contributed by atoms with Gasteiger partial charge in [0.1, 0.15) is 11.8 Å². The molecule has 0 N–H and O–H groups in total. The average molecular weight is 280 g/mol. The second-order valence-electron chi connectivity index (χ2n) is 3.52. The van der Waals surface area contributed by atoms with E-state index in [0.717, 1.165) is 9.86 Å². The summed E-state index contributed by atoms with van der Waals surface area (Å²) in [6.45, 7) is 0. The minimum absolute atomic E-state index is 0.0880. The molecule has 0 bridgehead atoms. The molecule has 2 aromatic rings. The van der Waals surface area contributed by atoms with Crippen LogP contribution in [-0.4, -0.2) is 0 Å². The molecule has 2 unspecified atom stereocenters. The summed E-state index contributed by atoms with van der Waals surface area (Å²) >= 11 is 3.38. The van der Waals surface area contributed by atoms with Crippen molar-refractivity contribution < 1.29 is 11.3 Å². The molecular formula is C14H11BrO. The first-order chi connectivity index (χ1) is 9.91. The standard InChI is InChI=1S/C14H11BrO/c15-13-9-16-14-7-6-11(8-12(13)14)10-4-2-1-3-5-10/h1-4,6-10H,5H2/i1D,2D,3D,4D,5D. The van der Waals surface area contributed by atoms with Crippen LogP contribution in [0.1, 0.15) is 24.7 Å². The van der Waals surface area contributed by atoms with Crippen molar-refractivity contribution in [3.63, 3.8) is 0 Å². The minimum atomic E-state index is -1.04. The number of hydrogen-bond acceptors (Lipinski definition) is 1. The molecule has 1 aromatic carbocycles. The molecule has 1 heterocycles. The summed E-state index contributed by atoms with van der Waals surface area (Å²) in [7, 11) is 0. The third kappa shape index (κ3) is 1.63. The van der Waals surface area contributed by atoms with E-state index in [1.165, 1.54) is 0 Å². The van der Waals surface area contributed by atoms with Crippen LogP contribution < -0.4 is 0 Å². The molecule has 0 saturated carbocycles. The van der Waals surface area contributed by atoms with Gasteiger partial charge in [0.2, 0.25) is 0 Å². The highest BCUT2D eigenvalue weighted by atomic mass is 79.9. The van der Waals surface area contributed by atoms with Gasteiger partial charge in [-0.3, -0.25) is 0 Å². The molecule has 1 aliphatic rings. The fourth-order valence-corrected chi connectivity index (χ4v) is 2.11. The van der Waals surface area contributed by atoms with Crippen LogP contribution in [0.25, 0.3) is 11.0 Å². The summed E-state index contributed by atoms with van der Waals surface area (Å²) in [5.74, 6) is -0.703. The second kappa shape index (κ2) is 3.95. The van der Waals surface area contributed by atoms with Crippen LogP contribution in [0.15, 0.2) is 57.6 Å². The van der Waals surface area contributed by atoms with E-state index in [1.54, 1.807) is 24.5 Å². The number of fused-ring (bicyclic) bond motifs is 1. The molecule has 1 nitrogen and oxygen atoms in total. The maximum absolute atomic E-state index is 8.11. The maximum atomic E-state index is 8.11. The highest BCUT2D eigenvalue weighted by Gasteiger charge is 2.11. The van der Waals surface area contributed by atoms with Crippen LogP contribution in [-0.2, 0) is 0 Å². The Bertz CT molecular complexity index is 792. The van der Waals surface area contributed by atoms with Gasteiger partial charge in [0.15, 0.2) is 0 Å². The van der Waals surface area contributed by atoms with Crippen molar-refractivity contribution in [2.24, 2.45) is 0 Å². The normalized spacial score (nSPS) is 30.9. The molecule has 0 aliphatic heterocycles. The Balaban J connectivity index is 2.16. The van der Waals surface area contributed by atoms with Crippen LogP contribution in [0.5, 0.6) is 0 Å². The van der Waals surface area contributed by atoms with Crippen molar-refractivity contribution in [2.75, 3.05) is 0 Å². The Morgan fingerprint density at radius 1 is 1.44 bits per heavy atom. The van der Waals surface area contributed by atoms with Gasteiger partial charge in [0.25, 0.3) is 0 Å². The average Bonchev–Trinajstić information content (AvgIpc) is 2.85. The summed E-state index contributed by atoms with van der Waals surface area (Å²) in [5.41, 5.74) is 1.36. The van der Waals surface area contributed by atoms with Gasteiger partial charge in [-0.15, -0.1) is 0 Å². The summed E-state index contributed by atoms with van der Waals surface area (Å²) in [6, 6.07) is 4.39. The van der Waals surface area contributed by atoms with E-state index in [9.17, 15) is 0 Å². The van der Waals surface area contributed by atoms with Crippen molar-refractivity contribution in [2.45, 2.75) is 12.3 Å². The Labute approximate surface area is 110 Å². The lowest BCUT2D eigenvalue weighted by molar-refractivity contribution is 0.613. The zero-order valence-corrected chi connectivity index (χ0v) is 9.84. The van der Waals surface area contributed by atoms with Crippen LogP contribution in [0.3, 0.4) is 0 Å². The van der Waals surface area contributed by atoms with Crippen molar-refractivity contribution in [3.8, 4) is 0 Å². The summed E-state index contributed by atoms with van der Waals surface area (Å²) in [6.07, 6.45) is 0.528. The largest absolute Gasteiger partial charge is 0.463 e. The van der Waals surface area contributed by atoms with Crippen LogP contribution in [0.2, 0.25) is 0 Å². The number of allylic oxidation sites excluding steroid dienone is 4. The van der Waals surface area contributed by atoms with Gasteiger partial charge in [-0.25, -0.2) is 0 Å². The van der Waals surface area contributed by atoms with Crippen LogP contribution >= 0.6 is 15.9 Å². The van der Waals surface area contributed by atoms with E-state index in [4.69, 9.17) is 11.3 Å². The number of benzene rings is 1. The number of halogens is 1. The first kappa shape index (κ1) is 5.87. The lowest BCUT2D eigenvalue weighted by Crippen LogP contribution is -1.95. The topological polar surface area (TPSA) is 13.1 Å². The Morgan fingerprint density at radius 3 is 3.31 bits per heavy atom. The molecular weight excluding hydrogens is 264 g/mol. The summed E-state index contributed by atoms with van der Waals surface area (Å²) in [5, 5.41) is 0.825. The molecule has 2 heteroatoms. The molecule has 1 aliphatic carbocycles. The van der Waals surface area contributed by atoms with Gasteiger partial charge in [0, 0.05) is 12.7 Å². The third-order valence-corrected chi connectivity index (χ3v) is 3.14. The fraction of sp³-hybridized carbons (Fsp3) is 0.143. The van der Waals surface area contributed by atoms with Crippen LogP contribution in [0.4, 0.5) is 0 Å². The van der Waals surface area contributed by atoms with Crippen LogP contribution in [0, 0.1) is 0 Å². The molecule has 0 spiro atoms. The number of furan rings is 1. The molecule has 0 radical (unpaired) electrons. The van der Waals surface area contributed by atoms with Crippen molar-refractivity contribution in [1.82, 2.24) is 0 Å². The lowest BCUT2D eigenvalue weighted by Gasteiger charge is -2.13. The molecule has 1 aromatic heterocycles. The van der Waals surface area contributed by atoms with E-state index in [-0.39, 0.29) is 24.2 Å². The van der Waals surface area contributed by atoms with E-state index < -0.39 is 12.3 Å². The third-order valence-electron chi connectivity index (χ3n) is 2.52. The molecule has 16 heavy (non-hydrogen) atoms. The highest BCUT2D eigenvalue weighted by Crippen LogP contribution is 2.31. The smallest absolute Gasteiger partial charge is 0.135 e. The minimum Gasteiger partial charge on any atom is -0.463 e. The quantitative estimate of drug-likeness (QED) is 0.731. The zero-order valence-electron chi connectivity index (χ0n) is 13.3. The molecule has 80 valence electrons. The Hall–Kier alpha value is -1.28. The van der Waals surface area contributed by atoms with Crippen molar-refractivity contribution in [3.05, 3.63) is 58.7 Å². The van der Waals surface area contributed by atoms with Gasteiger partial charge < -0.3 is 4.42 Å².